The molecule has 0 radical (unpaired) electrons. The fourth-order valence-electron chi connectivity index (χ4n) is 1.75. The van der Waals surface area contributed by atoms with Crippen LogP contribution >= 0.6 is 0 Å². The second-order valence-electron chi connectivity index (χ2n) is 4.43. The van der Waals surface area contributed by atoms with Gasteiger partial charge in [0, 0.05) is 18.2 Å². The number of carbonyl (C=O) groups is 1. The summed E-state index contributed by atoms with van der Waals surface area (Å²) in [5, 5.41) is 11.6. The van der Waals surface area contributed by atoms with Crippen LogP contribution in [0.5, 0.6) is 5.75 Å². The molecule has 0 aliphatic heterocycles. The van der Waals surface area contributed by atoms with Gasteiger partial charge in [-0.15, -0.1) is 0 Å². The van der Waals surface area contributed by atoms with Crippen LogP contribution < -0.4 is 15.8 Å². The molecule has 19 heavy (non-hydrogen) atoms. The summed E-state index contributed by atoms with van der Waals surface area (Å²) in [7, 11) is 0. The predicted octanol–water partition coefficient (Wildman–Crippen LogP) is 1.56. The first-order valence-corrected chi connectivity index (χ1v) is 6.52. The van der Waals surface area contributed by atoms with E-state index in [-0.39, 0.29) is 18.6 Å². The Morgan fingerprint density at radius 1 is 1.53 bits per heavy atom. The third-order valence-corrected chi connectivity index (χ3v) is 2.74. The third-order valence-electron chi connectivity index (χ3n) is 2.74. The van der Waals surface area contributed by atoms with E-state index in [2.05, 4.69) is 5.32 Å². The van der Waals surface area contributed by atoms with Crippen molar-refractivity contribution in [3.8, 4) is 5.75 Å². The number of nitrogens with two attached hydrogens (primary N) is 1. The van der Waals surface area contributed by atoms with Crippen LogP contribution in [0.1, 0.15) is 37.0 Å². The molecule has 0 fully saturated rings. The molecule has 0 aliphatic rings. The summed E-state index contributed by atoms with van der Waals surface area (Å²) in [6.07, 6.45) is 1.42. The van der Waals surface area contributed by atoms with Gasteiger partial charge in [0.05, 0.1) is 12.3 Å². The molecule has 0 aromatic heterocycles. The smallest absolute Gasteiger partial charge is 0.251 e. The lowest BCUT2D eigenvalue weighted by Gasteiger charge is -2.14. The van der Waals surface area contributed by atoms with E-state index < -0.39 is 0 Å². The van der Waals surface area contributed by atoms with Gasteiger partial charge in [0.1, 0.15) is 5.75 Å². The van der Waals surface area contributed by atoms with Gasteiger partial charge in [0.2, 0.25) is 0 Å². The Bertz CT molecular complexity index is 421. The van der Waals surface area contributed by atoms with Gasteiger partial charge in [-0.05, 0) is 44.9 Å². The fraction of sp³-hybridized carbons (Fsp3) is 0.500. The maximum Gasteiger partial charge on any atom is 0.251 e. The molecule has 1 aromatic rings. The number of nitrogens with one attached hydrogen (secondary N) is 1. The Morgan fingerprint density at radius 3 is 2.84 bits per heavy atom. The highest BCUT2D eigenvalue weighted by molar-refractivity contribution is 5.95. The van der Waals surface area contributed by atoms with Crippen molar-refractivity contribution >= 4 is 11.6 Å². The van der Waals surface area contributed by atoms with Crippen molar-refractivity contribution in [3.63, 3.8) is 0 Å². The number of hydrogen-bond donors (Lipinski definition) is 3. The summed E-state index contributed by atoms with van der Waals surface area (Å²) in [5.74, 6) is 0.424. The summed E-state index contributed by atoms with van der Waals surface area (Å²) in [6.45, 7) is 4.46. The van der Waals surface area contributed by atoms with E-state index >= 15 is 0 Å². The van der Waals surface area contributed by atoms with Crippen LogP contribution in [-0.4, -0.2) is 30.3 Å². The molecule has 0 heterocycles. The average molecular weight is 266 g/mol. The van der Waals surface area contributed by atoms with Crippen molar-refractivity contribution in [1.29, 1.82) is 0 Å². The lowest BCUT2D eigenvalue weighted by Crippen LogP contribution is -2.32. The maximum absolute atomic E-state index is 12.0. The Balaban J connectivity index is 2.64. The zero-order chi connectivity index (χ0) is 14.3. The Hall–Kier alpha value is -1.75. The second kappa shape index (κ2) is 7.63. The normalized spacial score (nSPS) is 11.9. The molecule has 1 amide bonds. The second-order valence-corrected chi connectivity index (χ2v) is 4.43. The summed E-state index contributed by atoms with van der Waals surface area (Å²) < 4.78 is 5.32. The van der Waals surface area contributed by atoms with E-state index in [4.69, 9.17) is 15.6 Å². The van der Waals surface area contributed by atoms with E-state index in [1.165, 1.54) is 0 Å². The molecule has 0 aliphatic carbocycles. The SMILES string of the molecule is CCOc1ccc(C(=O)NC(C)CCCO)cc1N. The van der Waals surface area contributed by atoms with Gasteiger partial charge in [-0.25, -0.2) is 0 Å². The third kappa shape index (κ3) is 4.79. The van der Waals surface area contributed by atoms with E-state index in [1.54, 1.807) is 18.2 Å². The van der Waals surface area contributed by atoms with E-state index in [0.29, 0.717) is 30.0 Å². The predicted molar refractivity (Wildman–Crippen MR) is 75.3 cm³/mol. The monoisotopic (exact) mass is 266 g/mol. The van der Waals surface area contributed by atoms with E-state index in [9.17, 15) is 4.79 Å². The molecule has 0 saturated heterocycles. The Labute approximate surface area is 113 Å². The zero-order valence-corrected chi connectivity index (χ0v) is 11.5. The Kier molecular flexibility index (Phi) is 6.15. The highest BCUT2D eigenvalue weighted by atomic mass is 16.5. The number of carbonyl (C=O) groups excluding carboxylic acids is 1. The summed E-state index contributed by atoms with van der Waals surface area (Å²) in [5.41, 5.74) is 6.79. The lowest BCUT2D eigenvalue weighted by atomic mass is 10.1. The van der Waals surface area contributed by atoms with Gasteiger partial charge in [-0.3, -0.25) is 4.79 Å². The number of hydrogen-bond acceptors (Lipinski definition) is 4. The molecule has 4 N–H and O–H groups in total. The van der Waals surface area contributed by atoms with Gasteiger partial charge < -0.3 is 20.9 Å². The minimum absolute atomic E-state index is 0.0208. The summed E-state index contributed by atoms with van der Waals surface area (Å²) in [4.78, 5) is 12.0. The van der Waals surface area contributed by atoms with Crippen LogP contribution in [0.25, 0.3) is 0 Å². The van der Waals surface area contributed by atoms with Crippen molar-refractivity contribution in [3.05, 3.63) is 23.8 Å². The molecule has 1 rings (SSSR count). The molecule has 1 aromatic carbocycles. The number of anilines is 1. The van der Waals surface area contributed by atoms with Crippen molar-refractivity contribution in [2.45, 2.75) is 32.7 Å². The van der Waals surface area contributed by atoms with Crippen LogP contribution in [0.4, 0.5) is 5.69 Å². The molecule has 1 atom stereocenters. The maximum atomic E-state index is 12.0. The van der Waals surface area contributed by atoms with Crippen molar-refractivity contribution in [2.24, 2.45) is 0 Å². The van der Waals surface area contributed by atoms with Crippen LogP contribution in [0.3, 0.4) is 0 Å². The molecule has 106 valence electrons. The van der Waals surface area contributed by atoms with Crippen LogP contribution in [-0.2, 0) is 0 Å². The number of aliphatic hydroxyl groups excluding tert-OH is 1. The van der Waals surface area contributed by atoms with Gasteiger partial charge in [-0.2, -0.15) is 0 Å². The van der Waals surface area contributed by atoms with Gasteiger partial charge >= 0.3 is 0 Å². The minimum Gasteiger partial charge on any atom is -0.492 e. The molecule has 5 heteroatoms. The van der Waals surface area contributed by atoms with Gasteiger partial charge in [-0.1, -0.05) is 0 Å². The van der Waals surface area contributed by atoms with Gasteiger partial charge in [0.15, 0.2) is 0 Å². The van der Waals surface area contributed by atoms with E-state index in [1.807, 2.05) is 13.8 Å². The largest absolute Gasteiger partial charge is 0.492 e. The molecule has 5 nitrogen and oxygen atoms in total. The summed E-state index contributed by atoms with van der Waals surface area (Å²) in [6, 6.07) is 5.02. The topological polar surface area (TPSA) is 84.6 Å². The molecular weight excluding hydrogens is 244 g/mol. The first kappa shape index (κ1) is 15.3. The van der Waals surface area contributed by atoms with E-state index in [0.717, 1.165) is 6.42 Å². The fourth-order valence-corrected chi connectivity index (χ4v) is 1.75. The first-order valence-electron chi connectivity index (χ1n) is 6.52. The van der Waals surface area contributed by atoms with Crippen LogP contribution in [0.15, 0.2) is 18.2 Å². The molecule has 0 saturated carbocycles. The van der Waals surface area contributed by atoms with Gasteiger partial charge in [0.25, 0.3) is 5.91 Å². The number of amides is 1. The van der Waals surface area contributed by atoms with Crippen LogP contribution in [0.2, 0.25) is 0 Å². The molecule has 1 unspecified atom stereocenters. The van der Waals surface area contributed by atoms with Crippen molar-refractivity contribution in [1.82, 2.24) is 5.32 Å². The molecule has 0 spiro atoms. The average Bonchev–Trinajstić information content (AvgIpc) is 2.38. The van der Waals surface area contributed by atoms with Crippen molar-refractivity contribution in [2.75, 3.05) is 18.9 Å². The highest BCUT2D eigenvalue weighted by Gasteiger charge is 2.11. The minimum atomic E-state index is -0.166. The number of rotatable bonds is 7. The number of aliphatic hydroxyl groups is 1. The zero-order valence-electron chi connectivity index (χ0n) is 11.5. The first-order chi connectivity index (χ1) is 9.08. The lowest BCUT2D eigenvalue weighted by molar-refractivity contribution is 0.0936. The number of nitrogen functional groups attached to an aromatic ring is 1. The standard InChI is InChI=1S/C14H22N2O3/c1-3-19-13-7-6-11(9-12(13)15)14(18)16-10(2)5-4-8-17/h6-7,9-10,17H,3-5,8,15H2,1-2H3,(H,16,18). The summed E-state index contributed by atoms with van der Waals surface area (Å²) >= 11 is 0. The molecule has 0 bridgehead atoms. The Morgan fingerprint density at radius 2 is 2.26 bits per heavy atom. The molecular formula is C14H22N2O3. The number of benzene rings is 1. The quantitative estimate of drug-likeness (QED) is 0.654. The van der Waals surface area contributed by atoms with Crippen molar-refractivity contribution < 1.29 is 14.6 Å². The highest BCUT2D eigenvalue weighted by Crippen LogP contribution is 2.22. The number of ether oxygens (including phenoxy) is 1. The van der Waals surface area contributed by atoms with Crippen LogP contribution in [0, 0.1) is 0 Å².